The molecule has 10 nitrogen and oxygen atoms in total. The third-order valence-electron chi connectivity index (χ3n) is 10.9. The molecule has 8 rings (SSSR count). The van der Waals surface area contributed by atoms with Crippen molar-refractivity contribution in [2.75, 3.05) is 53.5 Å². The lowest BCUT2D eigenvalue weighted by atomic mass is 9.98. The molecule has 4 aliphatic heterocycles. The first-order valence-electron chi connectivity index (χ1n) is 18.0. The monoisotopic (exact) mass is 740 g/mol. The van der Waals surface area contributed by atoms with E-state index < -0.39 is 0 Å². The fraction of sp³-hybridized carbons (Fsp3) is 0.400. The molecular weight excluding hydrogens is 699 g/mol. The summed E-state index contributed by atoms with van der Waals surface area (Å²) in [6, 6.07) is 20.4. The lowest BCUT2D eigenvalue weighted by Gasteiger charge is -2.44. The number of benzene rings is 2. The van der Waals surface area contributed by atoms with Crippen LogP contribution in [0.2, 0.25) is 10.0 Å². The van der Waals surface area contributed by atoms with Crippen molar-refractivity contribution in [2.45, 2.75) is 50.9 Å². The van der Waals surface area contributed by atoms with Crippen LogP contribution in [0.4, 0.5) is 0 Å². The Kier molecular flexibility index (Phi) is 9.82. The number of amides is 2. The third kappa shape index (κ3) is 6.62. The maximum atomic E-state index is 12.2. The molecule has 0 aliphatic carbocycles. The number of ether oxygens (including phenoxy) is 2. The first kappa shape index (κ1) is 34.8. The minimum atomic E-state index is 0.275. The average molecular weight is 742 g/mol. The van der Waals surface area contributed by atoms with E-state index in [0.29, 0.717) is 71.2 Å². The Balaban J connectivity index is 0.986. The molecule has 0 unspecified atom stereocenters. The lowest BCUT2D eigenvalue weighted by molar-refractivity contribution is -0.133. The third-order valence-corrected chi connectivity index (χ3v) is 11.7. The van der Waals surface area contributed by atoms with Crippen LogP contribution in [0.5, 0.6) is 11.8 Å². The van der Waals surface area contributed by atoms with Gasteiger partial charge in [-0.2, -0.15) is 0 Å². The second kappa shape index (κ2) is 14.7. The normalized spacial score (nSPS) is 18.6. The van der Waals surface area contributed by atoms with Crippen molar-refractivity contribution >= 4 is 35.0 Å². The number of pyridine rings is 2. The standard InChI is InChI=1S/C40H42Cl2N6O4/c1-51-39-25(19-45-21-27(22-45)47-17-5-11-35(47)49)13-15-33(43-39)31-9-3-7-29(37(31)41)30-8-4-10-32(38(30)42)34-16-14-26(40(44-34)52-2)20-46-23-28(24-46)48-18-6-12-36(48)50/h3-4,7-10,13-16,27-28H,5-6,11-12,17-24H2,1-2H3. The van der Waals surface area contributed by atoms with Gasteiger partial charge in [0, 0.05) is 98.6 Å². The van der Waals surface area contributed by atoms with Crippen LogP contribution in [0.3, 0.4) is 0 Å². The van der Waals surface area contributed by atoms with Crippen LogP contribution < -0.4 is 9.47 Å². The van der Waals surface area contributed by atoms with Gasteiger partial charge >= 0.3 is 0 Å². The Hall–Kier alpha value is -4.22. The zero-order valence-corrected chi connectivity index (χ0v) is 31.0. The van der Waals surface area contributed by atoms with Gasteiger partial charge in [0.1, 0.15) is 0 Å². The summed E-state index contributed by atoms with van der Waals surface area (Å²) in [4.78, 5) is 42.7. The highest BCUT2D eigenvalue weighted by Gasteiger charge is 2.38. The van der Waals surface area contributed by atoms with Crippen LogP contribution in [-0.2, 0) is 22.7 Å². The summed E-state index contributed by atoms with van der Waals surface area (Å²) in [6.45, 7) is 6.58. The number of nitrogens with zero attached hydrogens (tertiary/aromatic N) is 6. The molecule has 0 bridgehead atoms. The summed E-state index contributed by atoms with van der Waals surface area (Å²) in [5.41, 5.74) is 6.49. The van der Waals surface area contributed by atoms with Gasteiger partial charge < -0.3 is 19.3 Å². The molecule has 6 heterocycles. The molecule has 4 fully saturated rings. The number of rotatable bonds is 11. The van der Waals surface area contributed by atoms with Gasteiger partial charge in [-0.1, -0.05) is 71.7 Å². The van der Waals surface area contributed by atoms with Crippen LogP contribution >= 0.6 is 23.2 Å². The van der Waals surface area contributed by atoms with Crippen LogP contribution in [0.15, 0.2) is 60.7 Å². The molecule has 2 aromatic carbocycles. The van der Waals surface area contributed by atoms with Gasteiger partial charge in [0.05, 0.1) is 47.7 Å². The molecule has 270 valence electrons. The van der Waals surface area contributed by atoms with Gasteiger partial charge in [0.15, 0.2) is 0 Å². The van der Waals surface area contributed by atoms with Crippen molar-refractivity contribution in [2.24, 2.45) is 0 Å². The Bertz CT molecular complexity index is 1870. The second-order valence-corrected chi connectivity index (χ2v) is 14.9. The smallest absolute Gasteiger partial charge is 0.222 e. The molecule has 0 spiro atoms. The number of halogens is 2. The van der Waals surface area contributed by atoms with Crippen LogP contribution in [-0.4, -0.2) is 107 Å². The summed E-state index contributed by atoms with van der Waals surface area (Å²) >= 11 is 14.3. The van der Waals surface area contributed by atoms with Crippen molar-refractivity contribution in [3.8, 4) is 45.4 Å². The van der Waals surface area contributed by atoms with Crippen molar-refractivity contribution in [1.29, 1.82) is 0 Å². The summed E-state index contributed by atoms with van der Waals surface area (Å²) in [6.07, 6.45) is 3.26. The molecular formula is C40H42Cl2N6O4. The maximum Gasteiger partial charge on any atom is 0.222 e. The Morgan fingerprint density at radius 2 is 1.02 bits per heavy atom. The van der Waals surface area contributed by atoms with Crippen molar-refractivity contribution < 1.29 is 19.1 Å². The van der Waals surface area contributed by atoms with Crippen LogP contribution in [0.25, 0.3) is 33.6 Å². The van der Waals surface area contributed by atoms with Gasteiger partial charge in [-0.25, -0.2) is 9.97 Å². The summed E-state index contributed by atoms with van der Waals surface area (Å²) in [7, 11) is 3.27. The zero-order valence-electron chi connectivity index (χ0n) is 29.5. The fourth-order valence-corrected chi connectivity index (χ4v) is 8.69. The zero-order chi connectivity index (χ0) is 35.9. The Morgan fingerprint density at radius 1 is 0.615 bits per heavy atom. The molecule has 2 amide bonds. The van der Waals surface area contributed by atoms with Gasteiger partial charge in [0.25, 0.3) is 0 Å². The summed E-state index contributed by atoms with van der Waals surface area (Å²) < 4.78 is 11.5. The molecule has 0 saturated carbocycles. The number of methoxy groups -OCH3 is 2. The Morgan fingerprint density at radius 3 is 1.38 bits per heavy atom. The number of carbonyl (C=O) groups is 2. The Labute approximate surface area is 314 Å². The van der Waals surface area contributed by atoms with Gasteiger partial charge in [0.2, 0.25) is 23.6 Å². The molecule has 0 atom stereocenters. The van der Waals surface area contributed by atoms with Crippen molar-refractivity contribution in [3.63, 3.8) is 0 Å². The predicted molar refractivity (Wildman–Crippen MR) is 201 cm³/mol. The second-order valence-electron chi connectivity index (χ2n) is 14.1. The van der Waals surface area contributed by atoms with E-state index in [4.69, 9.17) is 42.6 Å². The first-order chi connectivity index (χ1) is 25.3. The van der Waals surface area contributed by atoms with Gasteiger partial charge in [-0.15, -0.1) is 0 Å². The number of aromatic nitrogens is 2. The van der Waals surface area contributed by atoms with E-state index in [1.54, 1.807) is 14.2 Å². The number of likely N-dealkylation sites (tertiary alicyclic amines) is 4. The molecule has 52 heavy (non-hydrogen) atoms. The largest absolute Gasteiger partial charge is 0.481 e. The van der Waals surface area contributed by atoms with E-state index in [0.717, 1.165) is 85.5 Å². The maximum absolute atomic E-state index is 12.2. The van der Waals surface area contributed by atoms with E-state index in [1.165, 1.54) is 0 Å². The van der Waals surface area contributed by atoms with Crippen molar-refractivity contribution in [3.05, 3.63) is 81.8 Å². The highest BCUT2D eigenvalue weighted by molar-refractivity contribution is 6.39. The van der Waals surface area contributed by atoms with Crippen LogP contribution in [0, 0.1) is 0 Å². The molecule has 4 saturated heterocycles. The molecule has 2 aromatic heterocycles. The molecule has 0 N–H and O–H groups in total. The van der Waals surface area contributed by atoms with Crippen molar-refractivity contribution in [1.82, 2.24) is 29.6 Å². The quantitative estimate of drug-likeness (QED) is 0.174. The molecule has 4 aromatic rings. The lowest BCUT2D eigenvalue weighted by Crippen LogP contribution is -2.59. The number of hydrogen-bond acceptors (Lipinski definition) is 8. The highest BCUT2D eigenvalue weighted by atomic mass is 35.5. The summed E-state index contributed by atoms with van der Waals surface area (Å²) in [5, 5.41) is 1.07. The molecule has 0 radical (unpaired) electrons. The fourth-order valence-electron chi connectivity index (χ4n) is 8.04. The average Bonchev–Trinajstić information content (AvgIpc) is 3.75. The minimum absolute atomic E-state index is 0.275. The first-order valence-corrected chi connectivity index (χ1v) is 18.8. The predicted octanol–water partition coefficient (Wildman–Crippen LogP) is 6.41. The molecule has 4 aliphatic rings. The highest BCUT2D eigenvalue weighted by Crippen LogP contribution is 2.43. The van der Waals surface area contributed by atoms with E-state index >= 15 is 0 Å². The van der Waals surface area contributed by atoms with Crippen LogP contribution in [0.1, 0.15) is 36.8 Å². The van der Waals surface area contributed by atoms with E-state index in [2.05, 4.69) is 9.80 Å². The topological polar surface area (TPSA) is 91.3 Å². The SMILES string of the molecule is COc1nc(-c2cccc(-c3cccc(-c4ccc(CN5CC(N6CCCC6=O)C5)c(OC)n4)c3Cl)c2Cl)ccc1CN1CC(N2CCCC2=O)C1. The van der Waals surface area contributed by atoms with E-state index in [9.17, 15) is 9.59 Å². The molecule has 12 heteroatoms. The summed E-state index contributed by atoms with van der Waals surface area (Å²) in [5.74, 6) is 1.66. The van der Waals surface area contributed by atoms with E-state index in [-0.39, 0.29) is 11.8 Å². The number of carbonyl (C=O) groups excluding carboxylic acids is 2. The van der Waals surface area contributed by atoms with Gasteiger partial charge in [-0.05, 0) is 25.0 Å². The number of hydrogen-bond donors (Lipinski definition) is 0. The minimum Gasteiger partial charge on any atom is -0.481 e. The van der Waals surface area contributed by atoms with Gasteiger partial charge in [-0.3, -0.25) is 19.4 Å². The van der Waals surface area contributed by atoms with E-state index in [1.807, 2.05) is 70.5 Å².